The quantitative estimate of drug-likeness (QED) is 0.585. The maximum atomic E-state index is 10.4. The summed E-state index contributed by atoms with van der Waals surface area (Å²) in [7, 11) is 1.78. The Morgan fingerprint density at radius 1 is 1.42 bits per heavy atom. The number of urea groups is 1. The van der Waals surface area contributed by atoms with Gasteiger partial charge < -0.3 is 15.2 Å². The van der Waals surface area contributed by atoms with Crippen molar-refractivity contribution in [2.75, 3.05) is 20.1 Å². The number of rotatable bonds is 0. The van der Waals surface area contributed by atoms with Gasteiger partial charge in [-0.1, -0.05) is 0 Å². The number of aromatic nitrogens is 1. The molecule has 66 valence electrons. The number of amides is 2. The second kappa shape index (κ2) is 4.43. The molecule has 1 saturated heterocycles. The Morgan fingerprint density at radius 2 is 2.08 bits per heavy atom. The van der Waals surface area contributed by atoms with Gasteiger partial charge in [-0.25, -0.2) is 4.79 Å². The normalized spacial score (nSPS) is 15.1. The molecule has 1 aliphatic heterocycles. The molecule has 2 amide bonds. The van der Waals surface area contributed by atoms with Crippen LogP contribution in [0, 0.1) is 0 Å². The number of aromatic amines is 1. The average Bonchev–Trinajstić information content (AvgIpc) is 2.67. The van der Waals surface area contributed by atoms with Crippen LogP contribution in [-0.4, -0.2) is 36.1 Å². The predicted molar refractivity (Wildman–Crippen MR) is 46.8 cm³/mol. The van der Waals surface area contributed by atoms with Crippen LogP contribution in [-0.2, 0) is 0 Å². The molecule has 0 bridgehead atoms. The Balaban J connectivity index is 0.000000127. The number of carbonyl (C=O) groups excluding carboxylic acids is 1. The van der Waals surface area contributed by atoms with Gasteiger partial charge in [-0.3, -0.25) is 0 Å². The van der Waals surface area contributed by atoms with Crippen molar-refractivity contribution < 1.29 is 4.79 Å². The summed E-state index contributed by atoms with van der Waals surface area (Å²) < 4.78 is 0. The van der Waals surface area contributed by atoms with E-state index in [1.165, 1.54) is 0 Å². The Bertz CT molecular complexity index is 203. The Hall–Kier alpha value is -1.45. The summed E-state index contributed by atoms with van der Waals surface area (Å²) in [6.45, 7) is 1.65. The van der Waals surface area contributed by atoms with Gasteiger partial charge in [0.05, 0.1) is 0 Å². The highest BCUT2D eigenvalue weighted by atomic mass is 16.2. The molecule has 2 heterocycles. The van der Waals surface area contributed by atoms with Gasteiger partial charge >= 0.3 is 6.03 Å². The van der Waals surface area contributed by atoms with Gasteiger partial charge in [-0.2, -0.15) is 0 Å². The zero-order chi connectivity index (χ0) is 8.81. The molecule has 1 aliphatic rings. The van der Waals surface area contributed by atoms with Crippen molar-refractivity contribution in [1.82, 2.24) is 15.2 Å². The minimum atomic E-state index is 0.0417. The van der Waals surface area contributed by atoms with Crippen LogP contribution in [0.4, 0.5) is 4.79 Å². The van der Waals surface area contributed by atoms with E-state index < -0.39 is 0 Å². The lowest BCUT2D eigenvalue weighted by molar-refractivity contribution is 0.226. The molecule has 1 aromatic heterocycles. The second-order valence-electron chi connectivity index (χ2n) is 2.54. The third kappa shape index (κ3) is 2.65. The van der Waals surface area contributed by atoms with Crippen LogP contribution in [0.1, 0.15) is 0 Å². The van der Waals surface area contributed by atoms with E-state index in [1.54, 1.807) is 11.9 Å². The van der Waals surface area contributed by atoms with Crippen molar-refractivity contribution in [2.24, 2.45) is 0 Å². The van der Waals surface area contributed by atoms with Crippen LogP contribution >= 0.6 is 0 Å². The fourth-order valence-corrected chi connectivity index (χ4v) is 0.845. The number of nitrogens with one attached hydrogen (secondary N) is 2. The lowest BCUT2D eigenvalue weighted by atomic mass is 10.7. The highest BCUT2D eigenvalue weighted by Gasteiger charge is 2.12. The Labute approximate surface area is 71.6 Å². The van der Waals surface area contributed by atoms with E-state index in [1.807, 2.05) is 24.5 Å². The first-order valence-electron chi connectivity index (χ1n) is 3.87. The number of carbonyl (C=O) groups is 1. The van der Waals surface area contributed by atoms with Crippen molar-refractivity contribution in [3.8, 4) is 0 Å². The highest BCUT2D eigenvalue weighted by molar-refractivity contribution is 5.75. The van der Waals surface area contributed by atoms with Crippen LogP contribution in [0.2, 0.25) is 0 Å². The summed E-state index contributed by atoms with van der Waals surface area (Å²) in [5.41, 5.74) is 0. The molecule has 0 atom stereocenters. The van der Waals surface area contributed by atoms with E-state index in [4.69, 9.17) is 0 Å². The molecule has 4 heteroatoms. The summed E-state index contributed by atoms with van der Waals surface area (Å²) in [5.74, 6) is 0. The standard InChI is InChI=1S/C4H8N2O.C4H5N/c1-6-3-2-5-4(6)7;1-2-4-5-3-1/h2-3H2,1H3,(H,5,7);1-5H. The summed E-state index contributed by atoms with van der Waals surface area (Å²) in [6, 6.07) is 3.93. The minimum absolute atomic E-state index is 0.0417. The first kappa shape index (κ1) is 8.64. The lowest BCUT2D eigenvalue weighted by Crippen LogP contribution is -2.23. The molecule has 0 saturated carbocycles. The zero-order valence-corrected chi connectivity index (χ0v) is 7.08. The molecule has 12 heavy (non-hydrogen) atoms. The molecule has 0 radical (unpaired) electrons. The number of likely N-dealkylation sites (N-methyl/N-ethyl adjacent to an activating group) is 1. The van der Waals surface area contributed by atoms with E-state index >= 15 is 0 Å². The van der Waals surface area contributed by atoms with Gasteiger partial charge in [0.25, 0.3) is 0 Å². The van der Waals surface area contributed by atoms with Crippen molar-refractivity contribution in [3.05, 3.63) is 24.5 Å². The van der Waals surface area contributed by atoms with Crippen molar-refractivity contribution in [1.29, 1.82) is 0 Å². The smallest absolute Gasteiger partial charge is 0.317 e. The van der Waals surface area contributed by atoms with Crippen LogP contribution in [0.3, 0.4) is 0 Å². The van der Waals surface area contributed by atoms with Gasteiger partial charge in [-0.05, 0) is 12.1 Å². The maximum absolute atomic E-state index is 10.4. The first-order chi connectivity index (χ1) is 5.80. The van der Waals surface area contributed by atoms with Crippen LogP contribution in [0.5, 0.6) is 0 Å². The van der Waals surface area contributed by atoms with Gasteiger partial charge in [0, 0.05) is 32.5 Å². The van der Waals surface area contributed by atoms with E-state index in [0.717, 1.165) is 13.1 Å². The van der Waals surface area contributed by atoms with Crippen molar-refractivity contribution >= 4 is 6.03 Å². The van der Waals surface area contributed by atoms with Gasteiger partial charge in [0.15, 0.2) is 0 Å². The zero-order valence-electron chi connectivity index (χ0n) is 7.08. The Morgan fingerprint density at radius 3 is 2.25 bits per heavy atom. The molecule has 0 unspecified atom stereocenters. The molecule has 1 aromatic rings. The molecule has 4 nitrogen and oxygen atoms in total. The first-order valence-corrected chi connectivity index (χ1v) is 3.87. The number of nitrogens with zero attached hydrogens (tertiary/aromatic N) is 1. The number of hydrogen-bond donors (Lipinski definition) is 2. The topological polar surface area (TPSA) is 48.1 Å². The van der Waals surface area contributed by atoms with E-state index in [9.17, 15) is 4.79 Å². The van der Waals surface area contributed by atoms with Crippen molar-refractivity contribution in [3.63, 3.8) is 0 Å². The summed E-state index contributed by atoms with van der Waals surface area (Å²) in [5, 5.41) is 2.66. The average molecular weight is 167 g/mol. The van der Waals surface area contributed by atoms with E-state index in [2.05, 4.69) is 10.3 Å². The Kier molecular flexibility index (Phi) is 3.19. The van der Waals surface area contributed by atoms with Gasteiger partial charge in [0.1, 0.15) is 0 Å². The van der Waals surface area contributed by atoms with Crippen LogP contribution in [0.15, 0.2) is 24.5 Å². The monoisotopic (exact) mass is 167 g/mol. The third-order valence-corrected chi connectivity index (χ3v) is 1.57. The van der Waals surface area contributed by atoms with Crippen LogP contribution < -0.4 is 5.32 Å². The third-order valence-electron chi connectivity index (χ3n) is 1.57. The van der Waals surface area contributed by atoms with Gasteiger partial charge in [-0.15, -0.1) is 0 Å². The molecule has 2 rings (SSSR count). The fourth-order valence-electron chi connectivity index (χ4n) is 0.845. The van der Waals surface area contributed by atoms with Crippen LogP contribution in [0.25, 0.3) is 0 Å². The number of H-pyrrole nitrogens is 1. The van der Waals surface area contributed by atoms with Crippen molar-refractivity contribution in [2.45, 2.75) is 0 Å². The largest absolute Gasteiger partial charge is 0.368 e. The molecular weight excluding hydrogens is 154 g/mol. The van der Waals surface area contributed by atoms with Gasteiger partial charge in [0.2, 0.25) is 0 Å². The molecule has 0 aromatic carbocycles. The molecule has 2 N–H and O–H groups in total. The predicted octanol–water partition coefficient (Wildman–Crippen LogP) is 0.656. The molecule has 1 fully saturated rings. The maximum Gasteiger partial charge on any atom is 0.317 e. The molecule has 0 spiro atoms. The highest BCUT2D eigenvalue weighted by Crippen LogP contribution is 1.88. The SMILES string of the molecule is CN1CCNC1=O.c1cc[nH]c1. The summed E-state index contributed by atoms with van der Waals surface area (Å²) >= 11 is 0. The van der Waals surface area contributed by atoms with E-state index in [0.29, 0.717) is 0 Å². The summed E-state index contributed by atoms with van der Waals surface area (Å²) in [4.78, 5) is 14.9. The summed E-state index contributed by atoms with van der Waals surface area (Å²) in [6.07, 6.45) is 3.75. The molecular formula is C8H13N3O. The minimum Gasteiger partial charge on any atom is -0.368 e. The molecule has 0 aliphatic carbocycles. The number of hydrogen-bond acceptors (Lipinski definition) is 1. The fraction of sp³-hybridized carbons (Fsp3) is 0.375. The van der Waals surface area contributed by atoms with E-state index in [-0.39, 0.29) is 6.03 Å². The second-order valence-corrected chi connectivity index (χ2v) is 2.54. The lowest BCUT2D eigenvalue weighted by Gasteiger charge is -2.01.